The van der Waals surface area contributed by atoms with Crippen molar-refractivity contribution in [3.63, 3.8) is 0 Å². The van der Waals surface area contributed by atoms with Crippen LogP contribution in [-0.2, 0) is 14.3 Å². The first kappa shape index (κ1) is 12.1. The Balaban J connectivity index is 4.16. The molecule has 13 heavy (non-hydrogen) atoms. The summed E-state index contributed by atoms with van der Waals surface area (Å²) in [5.41, 5.74) is -1.90. The zero-order valence-corrected chi connectivity index (χ0v) is 8.22. The smallest absolute Gasteiger partial charge is 0.313 e. The molecule has 0 radical (unpaired) electrons. The molecule has 0 fully saturated rings. The van der Waals surface area contributed by atoms with Crippen LogP contribution in [0, 0.1) is 0 Å². The van der Waals surface area contributed by atoms with Gasteiger partial charge in [0.15, 0.2) is 11.5 Å². The van der Waals surface area contributed by atoms with Gasteiger partial charge in [-0.3, -0.25) is 9.59 Å². The number of ether oxygens (including phenoxy) is 1. The van der Waals surface area contributed by atoms with Gasteiger partial charge in [-0.15, -0.1) is 0 Å². The third-order valence-electron chi connectivity index (χ3n) is 1.83. The van der Waals surface area contributed by atoms with Crippen LogP contribution in [0.1, 0.15) is 33.1 Å². The van der Waals surface area contributed by atoms with Crippen molar-refractivity contribution in [1.82, 2.24) is 0 Å². The number of carbonyl (C=O) groups excluding carboxylic acids is 2. The average molecular weight is 190 g/mol. The van der Waals surface area contributed by atoms with E-state index in [0.717, 1.165) is 0 Å². The molecule has 0 aromatic heterocycles. The molecule has 0 aliphatic carbocycles. The van der Waals surface area contributed by atoms with Crippen LogP contribution in [0.15, 0.2) is 0 Å². The lowest BCUT2D eigenvalue weighted by Gasteiger charge is -2.16. The monoisotopic (exact) mass is 190 g/mol. The molecule has 0 bridgehead atoms. The quantitative estimate of drug-likeness (QED) is 0.489. The number of halogens is 1. The number of Topliss-reactive ketones (excluding diaryl/α,β-unsaturated/α-hetero) is 1. The standard InChI is InChI=1S/C9H15FO3/c1-4-5-9(2,10)7(11)6-8(12)13-3/h4-6H2,1-3H3. The molecule has 0 aliphatic heterocycles. The van der Waals surface area contributed by atoms with Crippen molar-refractivity contribution in [2.24, 2.45) is 0 Å². The van der Waals surface area contributed by atoms with E-state index in [2.05, 4.69) is 4.74 Å². The first-order valence-corrected chi connectivity index (χ1v) is 4.23. The second-order valence-corrected chi connectivity index (χ2v) is 3.12. The Bertz CT molecular complexity index is 199. The van der Waals surface area contributed by atoms with Gasteiger partial charge in [0.1, 0.15) is 6.42 Å². The topological polar surface area (TPSA) is 43.4 Å². The van der Waals surface area contributed by atoms with Gasteiger partial charge in [0.05, 0.1) is 7.11 Å². The van der Waals surface area contributed by atoms with E-state index in [0.29, 0.717) is 6.42 Å². The Kier molecular flexibility index (Phi) is 4.59. The summed E-state index contributed by atoms with van der Waals surface area (Å²) in [6, 6.07) is 0. The third kappa shape index (κ3) is 4.01. The Morgan fingerprint density at radius 1 is 1.46 bits per heavy atom. The van der Waals surface area contributed by atoms with Crippen LogP contribution >= 0.6 is 0 Å². The largest absolute Gasteiger partial charge is 0.469 e. The first-order chi connectivity index (χ1) is 5.94. The molecule has 0 aromatic carbocycles. The number of alkyl halides is 1. The minimum atomic E-state index is -1.90. The number of esters is 1. The molecule has 1 atom stereocenters. The van der Waals surface area contributed by atoms with Gasteiger partial charge in [0, 0.05) is 0 Å². The van der Waals surface area contributed by atoms with Crippen LogP contribution in [0.25, 0.3) is 0 Å². The van der Waals surface area contributed by atoms with E-state index < -0.39 is 23.8 Å². The Morgan fingerprint density at radius 3 is 2.38 bits per heavy atom. The maximum Gasteiger partial charge on any atom is 0.313 e. The van der Waals surface area contributed by atoms with Gasteiger partial charge >= 0.3 is 5.97 Å². The molecule has 0 saturated heterocycles. The summed E-state index contributed by atoms with van der Waals surface area (Å²) in [6.07, 6.45) is 0.228. The van der Waals surface area contributed by atoms with E-state index in [1.807, 2.05) is 0 Å². The van der Waals surface area contributed by atoms with E-state index in [1.165, 1.54) is 14.0 Å². The van der Waals surface area contributed by atoms with Crippen LogP contribution in [-0.4, -0.2) is 24.5 Å². The molecule has 0 rings (SSSR count). The lowest BCUT2D eigenvalue weighted by Crippen LogP contribution is -2.31. The summed E-state index contributed by atoms with van der Waals surface area (Å²) in [5.74, 6) is -1.40. The summed E-state index contributed by atoms with van der Waals surface area (Å²) in [4.78, 5) is 21.8. The second kappa shape index (κ2) is 4.94. The normalized spacial score (nSPS) is 14.8. The van der Waals surface area contributed by atoms with Crippen molar-refractivity contribution in [3.05, 3.63) is 0 Å². The number of rotatable bonds is 5. The van der Waals surface area contributed by atoms with E-state index >= 15 is 0 Å². The molecule has 76 valence electrons. The van der Waals surface area contributed by atoms with Gasteiger partial charge in [0.25, 0.3) is 0 Å². The minimum absolute atomic E-state index is 0.142. The number of ketones is 1. The Morgan fingerprint density at radius 2 is 2.00 bits per heavy atom. The predicted molar refractivity (Wildman–Crippen MR) is 46.1 cm³/mol. The number of carbonyl (C=O) groups is 2. The molecule has 0 saturated carbocycles. The summed E-state index contributed by atoms with van der Waals surface area (Å²) in [5, 5.41) is 0. The Hall–Kier alpha value is -0.930. The second-order valence-electron chi connectivity index (χ2n) is 3.12. The fraction of sp³-hybridized carbons (Fsp3) is 0.778. The van der Waals surface area contributed by atoms with E-state index in [9.17, 15) is 14.0 Å². The highest BCUT2D eigenvalue weighted by Gasteiger charge is 2.32. The fourth-order valence-corrected chi connectivity index (χ4v) is 0.996. The van der Waals surface area contributed by atoms with Crippen molar-refractivity contribution in [1.29, 1.82) is 0 Å². The lowest BCUT2D eigenvalue weighted by molar-refractivity contribution is -0.146. The molecule has 4 heteroatoms. The van der Waals surface area contributed by atoms with Gasteiger partial charge < -0.3 is 4.74 Å². The van der Waals surface area contributed by atoms with Crippen LogP contribution < -0.4 is 0 Å². The molecule has 0 aromatic rings. The molecule has 1 unspecified atom stereocenters. The highest BCUT2D eigenvalue weighted by atomic mass is 19.1. The zero-order valence-electron chi connectivity index (χ0n) is 8.22. The van der Waals surface area contributed by atoms with Crippen molar-refractivity contribution < 1.29 is 18.7 Å². The molecular formula is C9H15FO3. The lowest BCUT2D eigenvalue weighted by atomic mass is 9.95. The molecule has 0 spiro atoms. The third-order valence-corrected chi connectivity index (χ3v) is 1.83. The molecular weight excluding hydrogens is 175 g/mol. The van der Waals surface area contributed by atoms with E-state index in [4.69, 9.17) is 0 Å². The zero-order chi connectivity index (χ0) is 10.5. The van der Waals surface area contributed by atoms with Gasteiger partial charge in [-0.2, -0.15) is 0 Å². The predicted octanol–water partition coefficient (Wildman–Crippen LogP) is 1.65. The van der Waals surface area contributed by atoms with Crippen LogP contribution in [0.4, 0.5) is 4.39 Å². The fourth-order valence-electron chi connectivity index (χ4n) is 0.996. The molecule has 3 nitrogen and oxygen atoms in total. The highest BCUT2D eigenvalue weighted by Crippen LogP contribution is 2.20. The van der Waals surface area contributed by atoms with Gasteiger partial charge in [0.2, 0.25) is 0 Å². The number of hydrogen-bond donors (Lipinski definition) is 0. The SMILES string of the molecule is CCCC(C)(F)C(=O)CC(=O)OC. The maximum atomic E-state index is 13.4. The van der Waals surface area contributed by atoms with Gasteiger partial charge in [-0.05, 0) is 13.3 Å². The van der Waals surface area contributed by atoms with Crippen molar-refractivity contribution in [3.8, 4) is 0 Å². The summed E-state index contributed by atoms with van der Waals surface area (Å²) in [6.45, 7) is 2.98. The highest BCUT2D eigenvalue weighted by molar-refractivity contribution is 5.99. The average Bonchev–Trinajstić information content (AvgIpc) is 2.04. The molecule has 0 amide bonds. The van der Waals surface area contributed by atoms with Gasteiger partial charge in [-0.25, -0.2) is 4.39 Å². The number of methoxy groups -OCH3 is 1. The van der Waals surface area contributed by atoms with Crippen LogP contribution in [0.5, 0.6) is 0 Å². The maximum absolute atomic E-state index is 13.4. The van der Waals surface area contributed by atoms with Crippen molar-refractivity contribution >= 4 is 11.8 Å². The molecule has 0 aliphatic rings. The summed E-state index contributed by atoms with van der Waals surface area (Å²) < 4.78 is 17.7. The number of hydrogen-bond acceptors (Lipinski definition) is 3. The summed E-state index contributed by atoms with van der Waals surface area (Å²) >= 11 is 0. The van der Waals surface area contributed by atoms with Crippen LogP contribution in [0.3, 0.4) is 0 Å². The van der Waals surface area contributed by atoms with Gasteiger partial charge in [-0.1, -0.05) is 13.3 Å². The molecule has 0 heterocycles. The van der Waals surface area contributed by atoms with Crippen LogP contribution in [0.2, 0.25) is 0 Å². The first-order valence-electron chi connectivity index (χ1n) is 4.23. The van der Waals surface area contributed by atoms with E-state index in [1.54, 1.807) is 6.92 Å². The minimum Gasteiger partial charge on any atom is -0.469 e. The summed E-state index contributed by atoms with van der Waals surface area (Å²) in [7, 11) is 1.17. The van der Waals surface area contributed by atoms with Crippen molar-refractivity contribution in [2.75, 3.05) is 7.11 Å². The van der Waals surface area contributed by atoms with Crippen molar-refractivity contribution in [2.45, 2.75) is 38.8 Å². The van der Waals surface area contributed by atoms with E-state index in [-0.39, 0.29) is 6.42 Å². The molecule has 0 N–H and O–H groups in total. The Labute approximate surface area is 77.3 Å².